The van der Waals surface area contributed by atoms with Crippen LogP contribution in [0.4, 0.5) is 22.7 Å². The number of hydrogen-bond acceptors (Lipinski definition) is 5. The third kappa shape index (κ3) is 1.61. The summed E-state index contributed by atoms with van der Waals surface area (Å²) in [7, 11) is 0. The van der Waals surface area contributed by atoms with E-state index in [1.54, 1.807) is 11.4 Å². The highest BCUT2D eigenvalue weighted by Crippen LogP contribution is 2.35. The fourth-order valence-electron chi connectivity index (χ4n) is 1.76. The molecular formula is C11H7N3O3S. The Balaban J connectivity index is 2.11. The number of nitro benzene ring substituents is 1. The van der Waals surface area contributed by atoms with Gasteiger partial charge in [0.05, 0.1) is 27.5 Å². The number of anilines is 3. The molecule has 1 aromatic carbocycles. The number of non-ortho nitro benzene ring substituents is 1. The lowest BCUT2D eigenvalue weighted by molar-refractivity contribution is -0.384. The molecule has 6 nitrogen and oxygen atoms in total. The number of carbonyl (C=O) groups is 1. The van der Waals surface area contributed by atoms with Gasteiger partial charge >= 0.3 is 0 Å². The van der Waals surface area contributed by atoms with Gasteiger partial charge in [-0.3, -0.25) is 14.9 Å². The van der Waals surface area contributed by atoms with Gasteiger partial charge in [-0.15, -0.1) is 11.3 Å². The molecule has 0 saturated carbocycles. The summed E-state index contributed by atoms with van der Waals surface area (Å²) >= 11 is 1.42. The maximum absolute atomic E-state index is 11.9. The Bertz CT molecular complexity index is 665. The predicted molar refractivity (Wildman–Crippen MR) is 68.7 cm³/mol. The van der Waals surface area contributed by atoms with E-state index in [4.69, 9.17) is 0 Å². The minimum atomic E-state index is -0.494. The van der Waals surface area contributed by atoms with Crippen molar-refractivity contribution in [1.82, 2.24) is 0 Å². The molecule has 0 saturated heterocycles. The predicted octanol–water partition coefficient (Wildman–Crippen LogP) is 2.97. The first kappa shape index (κ1) is 10.7. The minimum absolute atomic E-state index is 0.0553. The fraction of sp³-hybridized carbons (Fsp3) is 0. The first-order valence-electron chi connectivity index (χ1n) is 5.08. The zero-order valence-corrected chi connectivity index (χ0v) is 9.78. The van der Waals surface area contributed by atoms with Gasteiger partial charge in [-0.2, -0.15) is 0 Å². The van der Waals surface area contributed by atoms with E-state index in [0.29, 0.717) is 22.6 Å². The first-order chi connectivity index (χ1) is 8.65. The van der Waals surface area contributed by atoms with Gasteiger partial charge in [-0.1, -0.05) is 0 Å². The van der Waals surface area contributed by atoms with Gasteiger partial charge in [-0.25, -0.2) is 0 Å². The highest BCUT2D eigenvalue weighted by molar-refractivity contribution is 7.08. The van der Waals surface area contributed by atoms with E-state index < -0.39 is 4.92 Å². The van der Waals surface area contributed by atoms with Crippen LogP contribution in [0.3, 0.4) is 0 Å². The average Bonchev–Trinajstić information content (AvgIpc) is 2.74. The van der Waals surface area contributed by atoms with Crippen molar-refractivity contribution in [3.05, 3.63) is 44.6 Å². The quantitative estimate of drug-likeness (QED) is 0.610. The summed E-state index contributed by atoms with van der Waals surface area (Å²) in [5.74, 6) is -0.266. The molecule has 18 heavy (non-hydrogen) atoms. The van der Waals surface area contributed by atoms with Crippen molar-refractivity contribution in [1.29, 1.82) is 0 Å². The Hall–Kier alpha value is -2.41. The molecule has 0 fully saturated rings. The molecule has 1 aromatic heterocycles. The maximum Gasteiger partial charge on any atom is 0.271 e. The van der Waals surface area contributed by atoms with Gasteiger partial charge in [0, 0.05) is 22.9 Å². The summed E-state index contributed by atoms with van der Waals surface area (Å²) in [6.45, 7) is 0. The van der Waals surface area contributed by atoms with Crippen LogP contribution < -0.4 is 10.6 Å². The molecule has 1 amide bonds. The average molecular weight is 261 g/mol. The Labute approximate surface area is 105 Å². The Morgan fingerprint density at radius 3 is 2.72 bits per heavy atom. The van der Waals surface area contributed by atoms with E-state index >= 15 is 0 Å². The highest BCUT2D eigenvalue weighted by atomic mass is 32.1. The van der Waals surface area contributed by atoms with E-state index in [9.17, 15) is 14.9 Å². The lowest BCUT2D eigenvalue weighted by Crippen LogP contribution is -2.09. The number of rotatable bonds is 1. The number of nitrogens with one attached hydrogen (secondary N) is 2. The number of benzene rings is 1. The van der Waals surface area contributed by atoms with E-state index in [1.807, 2.05) is 5.38 Å². The number of amides is 1. The largest absolute Gasteiger partial charge is 0.352 e. The lowest BCUT2D eigenvalue weighted by Gasteiger charge is -2.07. The zero-order valence-electron chi connectivity index (χ0n) is 8.97. The van der Waals surface area contributed by atoms with Crippen LogP contribution in [0.1, 0.15) is 10.4 Å². The van der Waals surface area contributed by atoms with E-state index in [-0.39, 0.29) is 11.6 Å². The molecule has 1 aliphatic rings. The standard InChI is InChI=1S/C11H7N3O3S/c15-11-7-4-18-5-10(7)12-8-2-1-6(14(16)17)3-9(8)13-11/h1-5,12H,(H,13,15). The minimum Gasteiger partial charge on any atom is -0.352 e. The normalized spacial score (nSPS) is 12.8. The summed E-state index contributed by atoms with van der Waals surface area (Å²) in [4.78, 5) is 22.1. The van der Waals surface area contributed by atoms with E-state index in [0.717, 1.165) is 0 Å². The third-order valence-electron chi connectivity index (χ3n) is 2.64. The van der Waals surface area contributed by atoms with Gasteiger partial charge in [0.15, 0.2) is 0 Å². The summed E-state index contributed by atoms with van der Waals surface area (Å²) in [6, 6.07) is 4.32. The zero-order chi connectivity index (χ0) is 12.7. The van der Waals surface area contributed by atoms with Gasteiger partial charge in [0.2, 0.25) is 0 Å². The number of nitro groups is 1. The van der Waals surface area contributed by atoms with Crippen molar-refractivity contribution < 1.29 is 9.72 Å². The Kier molecular flexibility index (Phi) is 2.27. The highest BCUT2D eigenvalue weighted by Gasteiger charge is 2.21. The van der Waals surface area contributed by atoms with Gasteiger partial charge in [0.25, 0.3) is 11.6 Å². The number of hydrogen-bond donors (Lipinski definition) is 2. The molecule has 0 bridgehead atoms. The van der Waals surface area contributed by atoms with Crippen molar-refractivity contribution in [2.24, 2.45) is 0 Å². The lowest BCUT2D eigenvalue weighted by atomic mass is 10.2. The van der Waals surface area contributed by atoms with Crippen LogP contribution in [-0.4, -0.2) is 10.8 Å². The molecule has 2 heterocycles. The number of thiophene rings is 1. The van der Waals surface area contributed by atoms with Crippen LogP contribution in [0, 0.1) is 10.1 Å². The molecule has 0 radical (unpaired) electrons. The SMILES string of the molecule is O=C1Nc2cc([N+](=O)[O-])ccc2Nc2cscc21. The van der Waals surface area contributed by atoms with Crippen LogP contribution in [0.15, 0.2) is 29.0 Å². The fourth-order valence-corrected chi connectivity index (χ4v) is 2.52. The molecule has 7 heteroatoms. The second-order valence-corrected chi connectivity index (χ2v) is 4.51. The molecular weight excluding hydrogens is 254 g/mol. The monoisotopic (exact) mass is 261 g/mol. The molecule has 0 unspecified atom stereocenters. The van der Waals surface area contributed by atoms with Gasteiger partial charge < -0.3 is 10.6 Å². The van der Waals surface area contributed by atoms with Crippen LogP contribution in [-0.2, 0) is 0 Å². The van der Waals surface area contributed by atoms with Crippen molar-refractivity contribution in [3.8, 4) is 0 Å². The van der Waals surface area contributed by atoms with Gasteiger partial charge in [-0.05, 0) is 6.07 Å². The molecule has 3 rings (SSSR count). The van der Waals surface area contributed by atoms with Gasteiger partial charge in [0.1, 0.15) is 0 Å². The Morgan fingerprint density at radius 2 is 1.94 bits per heavy atom. The van der Waals surface area contributed by atoms with Crippen molar-refractivity contribution >= 4 is 40.0 Å². The number of carbonyl (C=O) groups excluding carboxylic acids is 1. The van der Waals surface area contributed by atoms with E-state index in [2.05, 4.69) is 10.6 Å². The van der Waals surface area contributed by atoms with E-state index in [1.165, 1.54) is 23.5 Å². The molecule has 2 aromatic rings. The second-order valence-electron chi connectivity index (χ2n) is 3.77. The summed E-state index contributed by atoms with van der Waals surface area (Å²) in [6.07, 6.45) is 0. The number of fused-ring (bicyclic) bond motifs is 2. The Morgan fingerprint density at radius 1 is 1.11 bits per heavy atom. The van der Waals surface area contributed by atoms with Crippen LogP contribution in [0.5, 0.6) is 0 Å². The van der Waals surface area contributed by atoms with Crippen molar-refractivity contribution in [2.45, 2.75) is 0 Å². The van der Waals surface area contributed by atoms with Crippen molar-refractivity contribution in [2.75, 3.05) is 10.6 Å². The van der Waals surface area contributed by atoms with Crippen LogP contribution in [0.25, 0.3) is 0 Å². The molecule has 0 atom stereocenters. The molecule has 0 aliphatic carbocycles. The molecule has 2 N–H and O–H groups in total. The van der Waals surface area contributed by atoms with Crippen LogP contribution in [0.2, 0.25) is 0 Å². The topological polar surface area (TPSA) is 84.3 Å². The summed E-state index contributed by atoms with van der Waals surface area (Å²) < 4.78 is 0. The second kappa shape index (κ2) is 3.81. The summed E-state index contributed by atoms with van der Waals surface area (Å²) in [5.41, 5.74) is 2.26. The smallest absolute Gasteiger partial charge is 0.271 e. The molecule has 0 spiro atoms. The maximum atomic E-state index is 11.9. The molecule has 90 valence electrons. The van der Waals surface area contributed by atoms with Crippen LogP contribution >= 0.6 is 11.3 Å². The summed E-state index contributed by atoms with van der Waals surface area (Å²) in [5, 5.41) is 20.0. The first-order valence-corrected chi connectivity index (χ1v) is 6.02. The molecule has 1 aliphatic heterocycles. The number of nitrogens with zero attached hydrogens (tertiary/aromatic N) is 1. The third-order valence-corrected chi connectivity index (χ3v) is 3.38. The van der Waals surface area contributed by atoms with Crippen molar-refractivity contribution in [3.63, 3.8) is 0 Å².